The third kappa shape index (κ3) is 4.72. The first kappa shape index (κ1) is 15.1. The van der Waals surface area contributed by atoms with E-state index in [-0.39, 0.29) is 12.3 Å². The highest BCUT2D eigenvalue weighted by Gasteiger charge is 2.22. The molecule has 0 saturated carbocycles. The van der Waals surface area contributed by atoms with Crippen molar-refractivity contribution in [3.05, 3.63) is 11.9 Å². The van der Waals surface area contributed by atoms with Gasteiger partial charge >= 0.3 is 0 Å². The third-order valence-electron chi connectivity index (χ3n) is 2.54. The maximum Gasteiger partial charge on any atom is 0.173 e. The van der Waals surface area contributed by atoms with Crippen molar-refractivity contribution in [2.45, 2.75) is 39.5 Å². The molecule has 1 unspecified atom stereocenters. The molecule has 0 aliphatic rings. The second kappa shape index (κ2) is 8.18. The number of hydrogen-bond acceptors (Lipinski definition) is 5. The van der Waals surface area contributed by atoms with Crippen LogP contribution >= 0.6 is 0 Å². The number of nitrogens with one attached hydrogen (secondary N) is 1. The van der Waals surface area contributed by atoms with Gasteiger partial charge < -0.3 is 14.8 Å². The van der Waals surface area contributed by atoms with Crippen LogP contribution in [0.15, 0.2) is 6.20 Å². The summed E-state index contributed by atoms with van der Waals surface area (Å²) in [7, 11) is 1.86. The number of rotatable bonds is 9. The number of nitrogens with zero attached hydrogens (tertiary/aromatic N) is 3. The molecule has 0 spiro atoms. The molecule has 6 nitrogen and oxygen atoms in total. The molecule has 1 aromatic heterocycles. The normalized spacial score (nSPS) is 13.2. The average molecular weight is 256 g/mol. The van der Waals surface area contributed by atoms with Gasteiger partial charge in [0.25, 0.3) is 0 Å². The summed E-state index contributed by atoms with van der Waals surface area (Å²) in [6.07, 6.45) is 2.41. The highest BCUT2D eigenvalue weighted by molar-refractivity contribution is 4.96. The zero-order chi connectivity index (χ0) is 13.4. The van der Waals surface area contributed by atoms with Crippen LogP contribution in [0.2, 0.25) is 0 Å². The van der Waals surface area contributed by atoms with Crippen LogP contribution in [0.1, 0.15) is 26.5 Å². The van der Waals surface area contributed by atoms with Crippen molar-refractivity contribution in [1.29, 1.82) is 0 Å². The van der Waals surface area contributed by atoms with Crippen molar-refractivity contribution in [2.24, 2.45) is 7.05 Å². The summed E-state index contributed by atoms with van der Waals surface area (Å²) < 4.78 is 13.0. The van der Waals surface area contributed by atoms with Crippen LogP contribution in [0.3, 0.4) is 0 Å². The van der Waals surface area contributed by atoms with E-state index >= 15 is 0 Å². The van der Waals surface area contributed by atoms with E-state index in [1.807, 2.05) is 27.1 Å². The van der Waals surface area contributed by atoms with Gasteiger partial charge in [0.1, 0.15) is 0 Å². The Morgan fingerprint density at radius 1 is 1.28 bits per heavy atom. The highest BCUT2D eigenvalue weighted by Crippen LogP contribution is 2.08. The van der Waals surface area contributed by atoms with Crippen molar-refractivity contribution in [3.8, 4) is 0 Å². The Hall–Kier alpha value is -0.980. The molecule has 1 heterocycles. The number of ether oxygens (including phenoxy) is 2. The molecular weight excluding hydrogens is 232 g/mol. The SMILES string of the molecule is CCNC(Cc1cn(C)nn1)C(OCC)OCC. The van der Waals surface area contributed by atoms with Crippen molar-refractivity contribution in [1.82, 2.24) is 20.3 Å². The molecule has 0 bridgehead atoms. The molecule has 1 rings (SSSR count). The van der Waals surface area contributed by atoms with Gasteiger partial charge in [0.2, 0.25) is 0 Å². The summed E-state index contributed by atoms with van der Waals surface area (Å²) in [5, 5.41) is 11.4. The standard InChI is InChI=1S/C12H24N4O2/c1-5-13-11(12(17-6-2)18-7-3)8-10-9-16(4)15-14-10/h9,11-13H,5-8H2,1-4H3. The molecule has 0 amide bonds. The molecular formula is C12H24N4O2. The fourth-order valence-corrected chi connectivity index (χ4v) is 1.85. The van der Waals surface area contributed by atoms with E-state index in [0.29, 0.717) is 13.2 Å². The van der Waals surface area contributed by atoms with Crippen LogP contribution in [0.5, 0.6) is 0 Å². The first-order valence-electron chi connectivity index (χ1n) is 6.53. The Morgan fingerprint density at radius 2 is 1.94 bits per heavy atom. The van der Waals surface area contributed by atoms with Gasteiger partial charge in [-0.2, -0.15) is 0 Å². The van der Waals surface area contributed by atoms with Crippen LogP contribution in [0.25, 0.3) is 0 Å². The van der Waals surface area contributed by atoms with Gasteiger partial charge in [0.05, 0.1) is 11.7 Å². The van der Waals surface area contributed by atoms with Crippen LogP contribution in [0.4, 0.5) is 0 Å². The summed E-state index contributed by atoms with van der Waals surface area (Å²) in [6.45, 7) is 8.13. The molecule has 0 saturated heterocycles. The molecule has 104 valence electrons. The average Bonchev–Trinajstić information content (AvgIpc) is 2.74. The summed E-state index contributed by atoms with van der Waals surface area (Å²) in [4.78, 5) is 0. The van der Waals surface area contributed by atoms with Gasteiger partial charge in [-0.15, -0.1) is 5.10 Å². The van der Waals surface area contributed by atoms with E-state index in [1.54, 1.807) is 4.68 Å². The maximum atomic E-state index is 5.64. The Balaban J connectivity index is 2.66. The molecule has 6 heteroatoms. The summed E-state index contributed by atoms with van der Waals surface area (Å²) in [6, 6.07) is 0.0894. The van der Waals surface area contributed by atoms with Crippen molar-refractivity contribution < 1.29 is 9.47 Å². The van der Waals surface area contributed by atoms with Gasteiger partial charge in [-0.25, -0.2) is 0 Å². The Kier molecular flexibility index (Phi) is 6.85. The molecule has 0 fully saturated rings. The Bertz CT molecular complexity index is 324. The number of aromatic nitrogens is 3. The second-order valence-electron chi connectivity index (χ2n) is 4.03. The van der Waals surface area contributed by atoms with Crippen LogP contribution < -0.4 is 5.32 Å². The smallest absolute Gasteiger partial charge is 0.173 e. The monoisotopic (exact) mass is 256 g/mol. The van der Waals surface area contributed by atoms with E-state index in [9.17, 15) is 0 Å². The van der Waals surface area contributed by atoms with Crippen LogP contribution in [-0.2, 0) is 22.9 Å². The molecule has 0 aliphatic carbocycles. The molecule has 18 heavy (non-hydrogen) atoms. The summed E-state index contributed by atoms with van der Waals surface area (Å²) >= 11 is 0. The van der Waals surface area contributed by atoms with Crippen molar-refractivity contribution in [3.63, 3.8) is 0 Å². The van der Waals surface area contributed by atoms with E-state index in [4.69, 9.17) is 9.47 Å². The molecule has 1 aromatic rings. The van der Waals surface area contributed by atoms with Gasteiger partial charge in [0.15, 0.2) is 6.29 Å². The lowest BCUT2D eigenvalue weighted by Gasteiger charge is -2.26. The minimum Gasteiger partial charge on any atom is -0.351 e. The lowest BCUT2D eigenvalue weighted by Crippen LogP contribution is -2.44. The van der Waals surface area contributed by atoms with E-state index in [1.165, 1.54) is 0 Å². The van der Waals surface area contributed by atoms with E-state index in [0.717, 1.165) is 18.7 Å². The van der Waals surface area contributed by atoms with Crippen molar-refractivity contribution in [2.75, 3.05) is 19.8 Å². The zero-order valence-electron chi connectivity index (χ0n) is 11.7. The summed E-state index contributed by atoms with van der Waals surface area (Å²) in [5.74, 6) is 0. The number of hydrogen-bond donors (Lipinski definition) is 1. The van der Waals surface area contributed by atoms with Gasteiger partial charge in [-0.05, 0) is 20.4 Å². The van der Waals surface area contributed by atoms with Crippen molar-refractivity contribution >= 4 is 0 Å². The van der Waals surface area contributed by atoms with Crippen LogP contribution in [0, 0.1) is 0 Å². The van der Waals surface area contributed by atoms with E-state index in [2.05, 4.69) is 22.6 Å². The fraction of sp³-hybridized carbons (Fsp3) is 0.833. The second-order valence-corrected chi connectivity index (χ2v) is 4.03. The quantitative estimate of drug-likeness (QED) is 0.660. The number of aryl methyl sites for hydroxylation is 1. The highest BCUT2D eigenvalue weighted by atomic mass is 16.7. The largest absolute Gasteiger partial charge is 0.351 e. The minimum absolute atomic E-state index is 0.0894. The summed E-state index contributed by atoms with van der Waals surface area (Å²) in [5.41, 5.74) is 0.938. The zero-order valence-corrected chi connectivity index (χ0v) is 11.7. The van der Waals surface area contributed by atoms with E-state index < -0.39 is 0 Å². The lowest BCUT2D eigenvalue weighted by molar-refractivity contribution is -0.153. The maximum absolute atomic E-state index is 5.64. The minimum atomic E-state index is -0.248. The first-order chi connectivity index (χ1) is 8.71. The topological polar surface area (TPSA) is 61.2 Å². The molecule has 1 atom stereocenters. The van der Waals surface area contributed by atoms with Gasteiger partial charge in [-0.1, -0.05) is 12.1 Å². The Morgan fingerprint density at radius 3 is 2.39 bits per heavy atom. The predicted octanol–water partition coefficient (Wildman–Crippen LogP) is 0.735. The molecule has 0 aromatic carbocycles. The number of likely N-dealkylation sites (N-methyl/N-ethyl adjacent to an activating group) is 1. The lowest BCUT2D eigenvalue weighted by atomic mass is 10.1. The molecule has 0 radical (unpaired) electrons. The molecule has 0 aliphatic heterocycles. The first-order valence-corrected chi connectivity index (χ1v) is 6.53. The third-order valence-corrected chi connectivity index (χ3v) is 2.54. The Labute approximate surface area is 109 Å². The fourth-order valence-electron chi connectivity index (χ4n) is 1.85. The molecule has 1 N–H and O–H groups in total. The van der Waals surface area contributed by atoms with Gasteiger partial charge in [-0.3, -0.25) is 4.68 Å². The predicted molar refractivity (Wildman–Crippen MR) is 69.2 cm³/mol. The van der Waals surface area contributed by atoms with Gasteiger partial charge in [0, 0.05) is 32.9 Å². The van der Waals surface area contributed by atoms with Crippen LogP contribution in [-0.4, -0.2) is 47.1 Å².